The molecule has 0 spiro atoms. The quantitative estimate of drug-likeness (QED) is 0.552. The van der Waals surface area contributed by atoms with Crippen LogP contribution in [0.25, 0.3) is 0 Å². The average Bonchev–Trinajstić information content (AvgIpc) is 1.95. The van der Waals surface area contributed by atoms with Gasteiger partial charge in [-0.15, -0.1) is 3.69 Å². The zero-order chi connectivity index (χ0) is 7.56. The molecule has 0 saturated carbocycles. The Morgan fingerprint density at radius 1 is 1.30 bits per heavy atom. The van der Waals surface area contributed by atoms with Gasteiger partial charge in [-0.05, 0) is 6.07 Å². The molecule has 0 unspecified atom stereocenters. The summed E-state index contributed by atoms with van der Waals surface area (Å²) in [4.78, 5) is 0. The van der Waals surface area contributed by atoms with Gasteiger partial charge in [-0.1, -0.05) is 35.3 Å². The summed E-state index contributed by atoms with van der Waals surface area (Å²) in [6, 6.07) is 5.79. The van der Waals surface area contributed by atoms with Crippen LogP contribution in [0.3, 0.4) is 0 Å². The Morgan fingerprint density at radius 2 is 2.00 bits per heavy atom. The molecule has 0 saturated heterocycles. The first-order valence-corrected chi connectivity index (χ1v) is 9.32. The normalized spacial score (nSPS) is 9.10. The number of benzene rings is 1. The molecule has 0 aromatic heterocycles. The van der Waals surface area contributed by atoms with E-state index in [1.54, 1.807) is 0 Å². The van der Waals surface area contributed by atoms with Gasteiger partial charge in [0.1, 0.15) is 0 Å². The monoisotopic (exact) mass is 296 g/mol. The maximum atomic E-state index is 5.89. The molecular weight excluding hydrogens is 294 g/mol. The zero-order valence-electron chi connectivity index (χ0n) is 5.07. The molecule has 0 aliphatic carbocycles. The van der Waals surface area contributed by atoms with E-state index in [1.807, 2.05) is 18.2 Å². The standard InChI is InChI=1S/C6H3Cl2.HI.Mg/c7-5-3-1-2-4-6(5)8;;/h1-3H;1H;/q;;+1/p-1. The van der Waals surface area contributed by atoms with Crippen molar-refractivity contribution in [2.24, 2.45) is 0 Å². The molecule has 50 valence electrons. The largest absolute Gasteiger partial charge is 0.504 e. The lowest BCUT2D eigenvalue weighted by molar-refractivity contribution is 1.76. The Hall–Kier alpha value is 1.30. The highest BCUT2D eigenvalue weighted by Crippen LogP contribution is 2.18. The molecule has 0 fully saturated rings. The summed E-state index contributed by atoms with van der Waals surface area (Å²) >= 11 is 13.9. The second-order valence-corrected chi connectivity index (χ2v) is 5.95. The molecule has 0 aliphatic heterocycles. The van der Waals surface area contributed by atoms with Crippen molar-refractivity contribution >= 4 is 62.2 Å². The molecule has 0 N–H and O–H groups in total. The van der Waals surface area contributed by atoms with Gasteiger partial charge >= 0.3 is 16.5 Å². The first-order chi connectivity index (χ1) is 4.75. The fraction of sp³-hybridized carbons (Fsp3) is 0. The molecular formula is C6H3Cl2IMg. The highest BCUT2D eigenvalue weighted by atomic mass is 127. The lowest BCUT2D eigenvalue weighted by atomic mass is 10.4. The van der Waals surface area contributed by atoms with Crippen molar-refractivity contribution in [2.75, 3.05) is 0 Å². The summed E-state index contributed by atoms with van der Waals surface area (Å²) in [6.45, 7) is 0. The third-order valence-corrected chi connectivity index (χ3v) is 5.60. The number of rotatable bonds is 1. The van der Waals surface area contributed by atoms with E-state index < -0.39 is 0 Å². The molecule has 0 bridgehead atoms. The minimum Gasteiger partial charge on any atom is -0.291 e. The third kappa shape index (κ3) is 2.14. The van der Waals surface area contributed by atoms with Crippen LogP contribution < -0.4 is 3.69 Å². The minimum absolute atomic E-state index is 0.205. The molecule has 0 amide bonds. The highest BCUT2D eigenvalue weighted by Gasteiger charge is 2.03. The van der Waals surface area contributed by atoms with Crippen LogP contribution in [0.2, 0.25) is 10.0 Å². The van der Waals surface area contributed by atoms with Crippen molar-refractivity contribution in [1.82, 2.24) is 0 Å². The Labute approximate surface area is 89.4 Å². The first kappa shape index (κ1) is 9.38. The van der Waals surface area contributed by atoms with Crippen molar-refractivity contribution in [3.63, 3.8) is 0 Å². The SMILES string of the molecule is Clc1ccc[c]([Mg][I])c1Cl. The van der Waals surface area contributed by atoms with Crippen LogP contribution in [0, 0.1) is 0 Å². The zero-order valence-corrected chi connectivity index (χ0v) is 10.2. The topological polar surface area (TPSA) is 0 Å². The smallest absolute Gasteiger partial charge is 0.291 e. The van der Waals surface area contributed by atoms with E-state index in [9.17, 15) is 0 Å². The number of halogens is 3. The third-order valence-electron chi connectivity index (χ3n) is 1.18. The first-order valence-electron chi connectivity index (χ1n) is 2.74. The van der Waals surface area contributed by atoms with Gasteiger partial charge in [-0.2, -0.15) is 0 Å². The van der Waals surface area contributed by atoms with Crippen molar-refractivity contribution in [1.29, 1.82) is 0 Å². The Bertz CT molecular complexity index is 239. The summed E-state index contributed by atoms with van der Waals surface area (Å²) in [6.07, 6.45) is 0. The van der Waals surface area contributed by atoms with Crippen LogP contribution in [-0.4, -0.2) is 16.5 Å². The summed E-state index contributed by atoms with van der Waals surface area (Å²) in [5, 5.41) is 1.41. The molecule has 0 atom stereocenters. The van der Waals surface area contributed by atoms with E-state index in [0.717, 1.165) is 5.02 Å². The van der Waals surface area contributed by atoms with Crippen LogP contribution in [0.5, 0.6) is 0 Å². The van der Waals surface area contributed by atoms with Gasteiger partial charge in [0.2, 0.25) is 0 Å². The van der Waals surface area contributed by atoms with Gasteiger partial charge < -0.3 is 0 Å². The maximum Gasteiger partial charge on any atom is 0.504 e. The Balaban J connectivity index is 3.14. The minimum atomic E-state index is -0.205. The summed E-state index contributed by atoms with van der Waals surface area (Å²) in [5.41, 5.74) is 0. The van der Waals surface area contributed by atoms with Crippen molar-refractivity contribution in [3.05, 3.63) is 28.2 Å². The van der Waals surface area contributed by atoms with Gasteiger partial charge in [0, 0.05) is 5.02 Å². The Morgan fingerprint density at radius 3 is 2.50 bits per heavy atom. The Kier molecular flexibility index (Phi) is 4.09. The van der Waals surface area contributed by atoms with Gasteiger partial charge in [0.15, 0.2) is 0 Å². The van der Waals surface area contributed by atoms with E-state index >= 15 is 0 Å². The predicted octanol–water partition coefficient (Wildman–Crippen LogP) is 2.67. The van der Waals surface area contributed by atoms with Gasteiger partial charge in [-0.3, -0.25) is 18.9 Å². The molecule has 0 nitrogen and oxygen atoms in total. The number of hydrogen-bond donors (Lipinski definition) is 0. The predicted molar refractivity (Wildman–Crippen MR) is 55.9 cm³/mol. The van der Waals surface area contributed by atoms with E-state index in [4.69, 9.17) is 23.2 Å². The summed E-state index contributed by atoms with van der Waals surface area (Å²) in [7, 11) is 0. The van der Waals surface area contributed by atoms with Crippen molar-refractivity contribution in [3.8, 4) is 0 Å². The van der Waals surface area contributed by atoms with Crippen LogP contribution in [-0.2, 0) is 0 Å². The molecule has 10 heavy (non-hydrogen) atoms. The fourth-order valence-electron chi connectivity index (χ4n) is 0.652. The molecule has 1 aromatic carbocycles. The van der Waals surface area contributed by atoms with E-state index in [-0.39, 0.29) is 16.5 Å². The van der Waals surface area contributed by atoms with Crippen LogP contribution in [0.1, 0.15) is 0 Å². The number of hydrogen-bond acceptors (Lipinski definition) is 0. The maximum absolute atomic E-state index is 5.89. The van der Waals surface area contributed by atoms with Crippen LogP contribution in [0.4, 0.5) is 0 Å². The van der Waals surface area contributed by atoms with E-state index in [1.165, 1.54) is 3.69 Å². The van der Waals surface area contributed by atoms with E-state index in [0.29, 0.717) is 5.02 Å². The molecule has 1 aromatic rings. The summed E-state index contributed by atoms with van der Waals surface area (Å²) in [5.74, 6) is 0. The van der Waals surface area contributed by atoms with Gasteiger partial charge in [-0.25, -0.2) is 0 Å². The fourth-order valence-corrected chi connectivity index (χ4v) is 4.40. The van der Waals surface area contributed by atoms with Crippen molar-refractivity contribution < 1.29 is 0 Å². The van der Waals surface area contributed by atoms with Crippen LogP contribution in [0.15, 0.2) is 18.2 Å². The molecule has 1 rings (SSSR count). The molecule has 4 heteroatoms. The average molecular weight is 297 g/mol. The van der Waals surface area contributed by atoms with Crippen LogP contribution >= 0.6 is 42.1 Å². The summed E-state index contributed by atoms with van der Waals surface area (Å²) < 4.78 is 1.23. The molecule has 0 heterocycles. The highest BCUT2D eigenvalue weighted by molar-refractivity contribution is 14.1. The second kappa shape index (κ2) is 4.35. The second-order valence-electron chi connectivity index (χ2n) is 1.85. The van der Waals surface area contributed by atoms with Gasteiger partial charge in [0.05, 0.1) is 5.02 Å². The lowest BCUT2D eigenvalue weighted by Gasteiger charge is -1.99. The van der Waals surface area contributed by atoms with E-state index in [2.05, 4.69) is 18.9 Å². The van der Waals surface area contributed by atoms with Crippen molar-refractivity contribution in [2.45, 2.75) is 0 Å². The molecule has 0 radical (unpaired) electrons. The molecule has 0 aliphatic rings. The lowest BCUT2D eigenvalue weighted by Crippen LogP contribution is -2.08. The van der Waals surface area contributed by atoms with Gasteiger partial charge in [0.25, 0.3) is 0 Å².